The molecule has 1 aliphatic heterocycles. The lowest BCUT2D eigenvalue weighted by Crippen LogP contribution is -2.34. The predicted octanol–water partition coefficient (Wildman–Crippen LogP) is 2.22. The van der Waals surface area contributed by atoms with E-state index in [1.54, 1.807) is 0 Å². The van der Waals surface area contributed by atoms with Crippen molar-refractivity contribution in [2.75, 3.05) is 45.3 Å². The van der Waals surface area contributed by atoms with Crippen LogP contribution in [-0.4, -0.2) is 62.3 Å². The molecule has 0 aromatic heterocycles. The molecule has 18 heavy (non-hydrogen) atoms. The standard InChI is InChI=1S/C14H30N2OS/c1-13(7-12-18-3)16(2)10-4-11-17-14-5-8-15-9-6-14/h13-15H,4-12H2,1-3H3. The van der Waals surface area contributed by atoms with Crippen molar-refractivity contribution in [3.63, 3.8) is 0 Å². The first-order valence-corrected chi connectivity index (χ1v) is 8.65. The molecule has 1 saturated heterocycles. The van der Waals surface area contributed by atoms with Gasteiger partial charge < -0.3 is 15.0 Å². The Hall–Kier alpha value is 0.230. The van der Waals surface area contributed by atoms with Crippen molar-refractivity contribution in [1.29, 1.82) is 0 Å². The third-order valence-corrected chi connectivity index (χ3v) is 4.43. The Morgan fingerprint density at radius 1 is 1.39 bits per heavy atom. The van der Waals surface area contributed by atoms with Gasteiger partial charge in [-0.2, -0.15) is 11.8 Å². The van der Waals surface area contributed by atoms with Crippen LogP contribution in [0.15, 0.2) is 0 Å². The molecular formula is C14H30N2OS. The molecule has 1 rings (SSSR count). The number of hydrogen-bond donors (Lipinski definition) is 1. The molecular weight excluding hydrogens is 244 g/mol. The highest BCUT2D eigenvalue weighted by Crippen LogP contribution is 2.09. The summed E-state index contributed by atoms with van der Waals surface area (Å²) in [7, 11) is 2.23. The maximum absolute atomic E-state index is 5.92. The molecule has 1 N–H and O–H groups in total. The Balaban J connectivity index is 1.98. The maximum atomic E-state index is 5.92. The van der Waals surface area contributed by atoms with Gasteiger partial charge in [-0.05, 0) is 64.8 Å². The summed E-state index contributed by atoms with van der Waals surface area (Å²) in [5, 5.41) is 3.37. The van der Waals surface area contributed by atoms with Crippen molar-refractivity contribution in [2.24, 2.45) is 0 Å². The topological polar surface area (TPSA) is 24.5 Å². The van der Waals surface area contributed by atoms with Crippen LogP contribution in [0.1, 0.15) is 32.6 Å². The van der Waals surface area contributed by atoms with Gasteiger partial charge >= 0.3 is 0 Å². The quantitative estimate of drug-likeness (QED) is 0.652. The highest BCUT2D eigenvalue weighted by Gasteiger charge is 2.13. The molecule has 0 bridgehead atoms. The molecule has 0 aromatic rings. The smallest absolute Gasteiger partial charge is 0.0599 e. The Kier molecular flexibility index (Phi) is 9.11. The summed E-state index contributed by atoms with van der Waals surface area (Å²) >= 11 is 1.94. The van der Waals surface area contributed by atoms with Gasteiger partial charge in [-0.3, -0.25) is 0 Å². The van der Waals surface area contributed by atoms with Gasteiger partial charge in [0, 0.05) is 19.2 Å². The minimum absolute atomic E-state index is 0.505. The number of piperidine rings is 1. The van der Waals surface area contributed by atoms with Crippen LogP contribution < -0.4 is 5.32 Å². The highest BCUT2D eigenvalue weighted by molar-refractivity contribution is 7.98. The van der Waals surface area contributed by atoms with E-state index in [1.165, 1.54) is 25.0 Å². The number of thioether (sulfide) groups is 1. The number of nitrogens with zero attached hydrogens (tertiary/aromatic N) is 1. The van der Waals surface area contributed by atoms with Gasteiger partial charge in [-0.1, -0.05) is 0 Å². The SMILES string of the molecule is CSCCC(C)N(C)CCCOC1CCNCC1. The highest BCUT2D eigenvalue weighted by atomic mass is 32.2. The van der Waals surface area contributed by atoms with Gasteiger partial charge in [0.05, 0.1) is 6.10 Å². The van der Waals surface area contributed by atoms with Crippen LogP contribution >= 0.6 is 11.8 Å². The molecule has 3 nitrogen and oxygen atoms in total. The van der Waals surface area contributed by atoms with Crippen LogP contribution in [0.4, 0.5) is 0 Å². The minimum atomic E-state index is 0.505. The minimum Gasteiger partial charge on any atom is -0.378 e. The lowest BCUT2D eigenvalue weighted by molar-refractivity contribution is 0.0274. The first-order chi connectivity index (χ1) is 8.74. The van der Waals surface area contributed by atoms with E-state index < -0.39 is 0 Å². The lowest BCUT2D eigenvalue weighted by atomic mass is 10.1. The summed E-state index contributed by atoms with van der Waals surface area (Å²) in [4.78, 5) is 2.46. The molecule has 0 aliphatic carbocycles. The molecule has 1 atom stereocenters. The zero-order valence-electron chi connectivity index (χ0n) is 12.3. The van der Waals surface area contributed by atoms with E-state index >= 15 is 0 Å². The van der Waals surface area contributed by atoms with Crippen molar-refractivity contribution < 1.29 is 4.74 Å². The largest absolute Gasteiger partial charge is 0.378 e. The Morgan fingerprint density at radius 2 is 2.11 bits per heavy atom. The number of rotatable bonds is 9. The van der Waals surface area contributed by atoms with Crippen LogP contribution in [-0.2, 0) is 4.74 Å². The summed E-state index contributed by atoms with van der Waals surface area (Å²) in [5.41, 5.74) is 0. The van der Waals surface area contributed by atoms with E-state index in [2.05, 4.69) is 30.4 Å². The van der Waals surface area contributed by atoms with Crippen LogP contribution in [0.3, 0.4) is 0 Å². The molecule has 1 fully saturated rings. The molecule has 0 saturated carbocycles. The summed E-state index contributed by atoms with van der Waals surface area (Å²) in [6, 6.07) is 0.691. The normalized spacial score (nSPS) is 19.3. The molecule has 1 aliphatic rings. The first kappa shape index (κ1) is 16.3. The average molecular weight is 274 g/mol. The van der Waals surface area contributed by atoms with E-state index in [9.17, 15) is 0 Å². The van der Waals surface area contributed by atoms with Crippen molar-refractivity contribution in [3.05, 3.63) is 0 Å². The summed E-state index contributed by atoms with van der Waals surface area (Å²) in [6.45, 7) is 6.64. The summed E-state index contributed by atoms with van der Waals surface area (Å²) < 4.78 is 5.92. The van der Waals surface area contributed by atoms with E-state index in [0.29, 0.717) is 12.1 Å². The number of nitrogens with one attached hydrogen (secondary N) is 1. The summed E-state index contributed by atoms with van der Waals surface area (Å²) in [6.07, 6.45) is 7.49. The zero-order valence-corrected chi connectivity index (χ0v) is 13.1. The second-order valence-corrected chi connectivity index (χ2v) is 6.27. The van der Waals surface area contributed by atoms with Gasteiger partial charge in [0.25, 0.3) is 0 Å². The van der Waals surface area contributed by atoms with Crippen molar-refractivity contribution in [2.45, 2.75) is 44.8 Å². The molecule has 1 unspecified atom stereocenters. The second-order valence-electron chi connectivity index (χ2n) is 5.28. The average Bonchev–Trinajstić information content (AvgIpc) is 2.41. The fourth-order valence-electron chi connectivity index (χ4n) is 2.26. The second kappa shape index (κ2) is 10.1. The van der Waals surface area contributed by atoms with E-state index in [0.717, 1.165) is 32.7 Å². The summed E-state index contributed by atoms with van der Waals surface area (Å²) in [5.74, 6) is 1.26. The van der Waals surface area contributed by atoms with Crippen molar-refractivity contribution >= 4 is 11.8 Å². The first-order valence-electron chi connectivity index (χ1n) is 7.25. The molecule has 4 heteroatoms. The van der Waals surface area contributed by atoms with E-state index in [4.69, 9.17) is 4.74 Å². The molecule has 0 amide bonds. The monoisotopic (exact) mass is 274 g/mol. The Bertz CT molecular complexity index is 198. The van der Waals surface area contributed by atoms with Gasteiger partial charge in [-0.25, -0.2) is 0 Å². The molecule has 0 radical (unpaired) electrons. The van der Waals surface area contributed by atoms with Crippen LogP contribution in [0.25, 0.3) is 0 Å². The van der Waals surface area contributed by atoms with E-state index in [-0.39, 0.29) is 0 Å². The Labute approximate surface area is 117 Å². The molecule has 1 heterocycles. The van der Waals surface area contributed by atoms with Crippen LogP contribution in [0.2, 0.25) is 0 Å². The predicted molar refractivity (Wildman–Crippen MR) is 81.6 cm³/mol. The fourth-order valence-corrected chi connectivity index (χ4v) is 2.83. The Morgan fingerprint density at radius 3 is 2.78 bits per heavy atom. The molecule has 0 aromatic carbocycles. The third-order valence-electron chi connectivity index (χ3n) is 3.79. The van der Waals surface area contributed by atoms with Gasteiger partial charge in [0.2, 0.25) is 0 Å². The fraction of sp³-hybridized carbons (Fsp3) is 1.00. The zero-order chi connectivity index (χ0) is 13.2. The van der Waals surface area contributed by atoms with Gasteiger partial charge in [-0.15, -0.1) is 0 Å². The third kappa shape index (κ3) is 6.98. The molecule has 0 spiro atoms. The van der Waals surface area contributed by atoms with Crippen molar-refractivity contribution in [3.8, 4) is 0 Å². The number of ether oxygens (including phenoxy) is 1. The van der Waals surface area contributed by atoms with Crippen LogP contribution in [0.5, 0.6) is 0 Å². The van der Waals surface area contributed by atoms with E-state index in [1.807, 2.05) is 11.8 Å². The van der Waals surface area contributed by atoms with Crippen molar-refractivity contribution in [1.82, 2.24) is 10.2 Å². The van der Waals surface area contributed by atoms with Gasteiger partial charge in [0.15, 0.2) is 0 Å². The van der Waals surface area contributed by atoms with Gasteiger partial charge in [0.1, 0.15) is 0 Å². The lowest BCUT2D eigenvalue weighted by Gasteiger charge is -2.26. The maximum Gasteiger partial charge on any atom is 0.0599 e. The number of hydrogen-bond acceptors (Lipinski definition) is 4. The van der Waals surface area contributed by atoms with Crippen LogP contribution in [0, 0.1) is 0 Å². The molecule has 108 valence electrons.